The van der Waals surface area contributed by atoms with Crippen molar-refractivity contribution < 1.29 is 33.3 Å². The van der Waals surface area contributed by atoms with Crippen LogP contribution in [0.25, 0.3) is 10.8 Å². The zero-order chi connectivity index (χ0) is 29.6. The van der Waals surface area contributed by atoms with Crippen molar-refractivity contribution in [1.29, 1.82) is 0 Å². The Morgan fingerprint density at radius 1 is 0.929 bits per heavy atom. The molecule has 1 aromatic heterocycles. The third-order valence-electron chi connectivity index (χ3n) is 6.95. The van der Waals surface area contributed by atoms with E-state index in [0.717, 1.165) is 30.9 Å². The van der Waals surface area contributed by atoms with Crippen LogP contribution in [0.15, 0.2) is 29.2 Å². The fourth-order valence-electron chi connectivity index (χ4n) is 4.74. The Balaban J connectivity index is 1.04. The molecule has 1 unspecified atom stereocenters. The second-order valence-corrected chi connectivity index (χ2v) is 9.89. The van der Waals surface area contributed by atoms with Crippen LogP contribution in [0.5, 0.6) is 0 Å². The highest BCUT2D eigenvalue weighted by atomic mass is 16.6. The molecule has 0 radical (unpaired) electrons. The van der Waals surface area contributed by atoms with Crippen LogP contribution in [0.4, 0.5) is 5.69 Å². The first-order chi connectivity index (χ1) is 20.5. The first-order valence-corrected chi connectivity index (χ1v) is 14.4. The van der Waals surface area contributed by atoms with Crippen LogP contribution in [0, 0.1) is 0 Å². The maximum Gasteiger partial charge on any atom is 0.277 e. The number of piperidine rings is 1. The summed E-state index contributed by atoms with van der Waals surface area (Å²) in [7, 11) is 0. The van der Waals surface area contributed by atoms with Gasteiger partial charge in [0, 0.05) is 50.2 Å². The molecule has 1 atom stereocenters. The van der Waals surface area contributed by atoms with Crippen LogP contribution in [0.3, 0.4) is 0 Å². The number of carbonyl (C=O) groups excluding carboxylic acids is 3. The minimum absolute atomic E-state index is 0.131. The van der Waals surface area contributed by atoms with Gasteiger partial charge in [0.1, 0.15) is 6.04 Å². The molecule has 2 saturated heterocycles. The lowest BCUT2D eigenvalue weighted by atomic mass is 10.1. The number of ether oxygens (including phenoxy) is 4. The summed E-state index contributed by atoms with van der Waals surface area (Å²) in [5, 5.41) is 14.0. The van der Waals surface area contributed by atoms with Crippen LogP contribution in [-0.2, 0) is 33.3 Å². The number of imide groups is 1. The zero-order valence-electron chi connectivity index (χ0n) is 23.8. The van der Waals surface area contributed by atoms with E-state index in [-0.39, 0.29) is 24.7 Å². The Morgan fingerprint density at radius 2 is 1.60 bits per heavy atom. The molecule has 2 fully saturated rings. The molecule has 4 rings (SSSR count). The fourth-order valence-corrected chi connectivity index (χ4v) is 4.74. The third-order valence-corrected chi connectivity index (χ3v) is 6.95. The SMILES string of the molecule is O=C1CCC(n2ncc3cccc(NCCOCCOCCOCCOCCC(=O)N4CCNCC4)c3c2=O)C(=O)N1. The van der Waals surface area contributed by atoms with Gasteiger partial charge in [-0.1, -0.05) is 12.1 Å². The standard InChI is InChI=1S/C28H40N6O8/c35-24-5-4-23(27(37)32-24)34-28(38)26-21(20-31-34)2-1-3-22(26)30-9-13-40-15-17-42-19-18-41-16-14-39-12-6-25(36)33-10-7-29-8-11-33/h1-3,20,23,29-30H,4-19H2,(H,32,35,37). The van der Waals surface area contributed by atoms with Crippen molar-refractivity contribution in [2.75, 3.05) is 90.9 Å². The zero-order valence-corrected chi connectivity index (χ0v) is 23.8. The number of hydrogen-bond acceptors (Lipinski definition) is 11. The fraction of sp³-hybridized carbons (Fsp3) is 0.607. The summed E-state index contributed by atoms with van der Waals surface area (Å²) in [6.45, 7) is 7.04. The molecular formula is C28H40N6O8. The van der Waals surface area contributed by atoms with Gasteiger partial charge in [-0.15, -0.1) is 0 Å². The maximum absolute atomic E-state index is 13.2. The number of aromatic nitrogens is 2. The lowest BCUT2D eigenvalue weighted by Crippen LogP contribution is -2.46. The molecule has 42 heavy (non-hydrogen) atoms. The van der Waals surface area contributed by atoms with Gasteiger partial charge in [0.2, 0.25) is 11.8 Å². The van der Waals surface area contributed by atoms with Gasteiger partial charge in [0.05, 0.1) is 70.9 Å². The number of piperazine rings is 1. The van der Waals surface area contributed by atoms with E-state index in [4.69, 9.17) is 18.9 Å². The molecule has 230 valence electrons. The molecule has 2 aromatic rings. The molecular weight excluding hydrogens is 548 g/mol. The Morgan fingerprint density at radius 3 is 2.29 bits per heavy atom. The predicted octanol–water partition coefficient (Wildman–Crippen LogP) is -0.326. The topological polar surface area (TPSA) is 162 Å². The van der Waals surface area contributed by atoms with E-state index in [1.165, 1.54) is 0 Å². The number of carbonyl (C=O) groups is 3. The second kappa shape index (κ2) is 16.9. The molecule has 0 bridgehead atoms. The number of nitrogens with one attached hydrogen (secondary N) is 3. The summed E-state index contributed by atoms with van der Waals surface area (Å²) < 4.78 is 23.2. The van der Waals surface area contributed by atoms with Gasteiger partial charge in [-0.05, 0) is 12.5 Å². The lowest BCUT2D eigenvalue weighted by molar-refractivity contribution is -0.136. The number of rotatable bonds is 17. The number of amides is 3. The lowest BCUT2D eigenvalue weighted by Gasteiger charge is -2.27. The molecule has 0 aliphatic carbocycles. The average Bonchev–Trinajstić information content (AvgIpc) is 3.00. The molecule has 3 heterocycles. The van der Waals surface area contributed by atoms with Crippen LogP contribution in [-0.4, -0.2) is 118 Å². The van der Waals surface area contributed by atoms with Crippen molar-refractivity contribution in [1.82, 2.24) is 25.3 Å². The largest absolute Gasteiger partial charge is 0.382 e. The Labute approximate surface area is 244 Å². The number of anilines is 1. The molecule has 3 amide bonds. The number of fused-ring (bicyclic) bond motifs is 1. The molecule has 2 aliphatic rings. The summed E-state index contributed by atoms with van der Waals surface area (Å²) in [6, 6.07) is 4.57. The molecule has 14 heteroatoms. The van der Waals surface area contributed by atoms with E-state index in [0.29, 0.717) is 82.3 Å². The van der Waals surface area contributed by atoms with Crippen LogP contribution in [0.2, 0.25) is 0 Å². The summed E-state index contributed by atoms with van der Waals surface area (Å²) in [5.41, 5.74) is 0.224. The Hall–Kier alpha value is -3.43. The van der Waals surface area contributed by atoms with Crippen molar-refractivity contribution in [2.24, 2.45) is 0 Å². The summed E-state index contributed by atoms with van der Waals surface area (Å²) >= 11 is 0. The van der Waals surface area contributed by atoms with Crippen LogP contribution < -0.4 is 21.5 Å². The van der Waals surface area contributed by atoms with Crippen molar-refractivity contribution in [3.05, 3.63) is 34.7 Å². The monoisotopic (exact) mass is 588 g/mol. The van der Waals surface area contributed by atoms with Crippen molar-refractivity contribution >= 4 is 34.2 Å². The molecule has 0 spiro atoms. The van der Waals surface area contributed by atoms with Gasteiger partial charge in [0.25, 0.3) is 11.5 Å². The second-order valence-electron chi connectivity index (χ2n) is 9.89. The Bertz CT molecular complexity index is 1250. The number of nitrogens with zero attached hydrogens (tertiary/aromatic N) is 3. The molecule has 2 aliphatic heterocycles. The highest BCUT2D eigenvalue weighted by molar-refractivity contribution is 5.99. The van der Waals surface area contributed by atoms with E-state index in [1.807, 2.05) is 11.0 Å². The van der Waals surface area contributed by atoms with Gasteiger partial charge in [-0.2, -0.15) is 5.10 Å². The summed E-state index contributed by atoms with van der Waals surface area (Å²) in [4.78, 5) is 50.9. The van der Waals surface area contributed by atoms with Gasteiger partial charge in [-0.25, -0.2) is 4.68 Å². The molecule has 14 nitrogen and oxygen atoms in total. The maximum atomic E-state index is 13.2. The average molecular weight is 589 g/mol. The van der Waals surface area contributed by atoms with E-state index < -0.39 is 17.5 Å². The Kier molecular flexibility index (Phi) is 12.7. The quantitative estimate of drug-likeness (QED) is 0.164. The molecule has 3 N–H and O–H groups in total. The predicted molar refractivity (Wildman–Crippen MR) is 153 cm³/mol. The van der Waals surface area contributed by atoms with Gasteiger partial charge < -0.3 is 34.5 Å². The highest BCUT2D eigenvalue weighted by Crippen LogP contribution is 2.21. The van der Waals surface area contributed by atoms with Crippen molar-refractivity contribution in [3.8, 4) is 0 Å². The minimum Gasteiger partial charge on any atom is -0.382 e. The number of benzene rings is 1. The van der Waals surface area contributed by atoms with E-state index in [2.05, 4.69) is 21.0 Å². The first kappa shape index (κ1) is 31.5. The van der Waals surface area contributed by atoms with Crippen molar-refractivity contribution in [2.45, 2.75) is 25.3 Å². The van der Waals surface area contributed by atoms with Gasteiger partial charge >= 0.3 is 0 Å². The van der Waals surface area contributed by atoms with Crippen LogP contribution >= 0.6 is 0 Å². The van der Waals surface area contributed by atoms with Crippen molar-refractivity contribution in [3.63, 3.8) is 0 Å². The first-order valence-electron chi connectivity index (χ1n) is 14.4. The summed E-state index contributed by atoms with van der Waals surface area (Å²) in [5.74, 6) is -0.737. The van der Waals surface area contributed by atoms with E-state index >= 15 is 0 Å². The third kappa shape index (κ3) is 9.29. The molecule has 0 saturated carbocycles. The smallest absolute Gasteiger partial charge is 0.277 e. The van der Waals surface area contributed by atoms with Gasteiger partial charge in [0.15, 0.2) is 0 Å². The van der Waals surface area contributed by atoms with Crippen LogP contribution in [0.1, 0.15) is 25.3 Å². The normalized spacial score (nSPS) is 17.4. The minimum atomic E-state index is -0.820. The number of hydrogen-bond donors (Lipinski definition) is 3. The van der Waals surface area contributed by atoms with Gasteiger partial charge in [-0.3, -0.25) is 24.5 Å². The highest BCUT2D eigenvalue weighted by Gasteiger charge is 2.30. The van der Waals surface area contributed by atoms with E-state index in [1.54, 1.807) is 18.3 Å². The van der Waals surface area contributed by atoms with E-state index in [9.17, 15) is 19.2 Å². The summed E-state index contributed by atoms with van der Waals surface area (Å²) in [6.07, 6.45) is 2.33. The molecule has 1 aromatic carbocycles.